The number of nitrogens with one attached hydrogen (secondary N) is 1. The zero-order valence-corrected chi connectivity index (χ0v) is 12.1. The zero-order valence-electron chi connectivity index (χ0n) is 11.3. The van der Waals surface area contributed by atoms with Crippen LogP contribution in [0.3, 0.4) is 0 Å². The van der Waals surface area contributed by atoms with Crippen molar-refractivity contribution in [3.05, 3.63) is 16.1 Å². The topological polar surface area (TPSA) is 24.9 Å². The van der Waals surface area contributed by atoms with Crippen LogP contribution in [0.5, 0.6) is 0 Å². The Balaban J connectivity index is 2.71. The molecule has 92 valence electrons. The first-order valence-corrected chi connectivity index (χ1v) is 6.89. The van der Waals surface area contributed by atoms with E-state index in [2.05, 4.69) is 51.8 Å². The Morgan fingerprint density at radius 3 is 2.50 bits per heavy atom. The van der Waals surface area contributed by atoms with E-state index in [9.17, 15) is 0 Å². The van der Waals surface area contributed by atoms with E-state index < -0.39 is 0 Å². The van der Waals surface area contributed by atoms with Gasteiger partial charge in [-0.15, -0.1) is 11.3 Å². The summed E-state index contributed by atoms with van der Waals surface area (Å²) < 4.78 is 0. The monoisotopic (exact) mass is 240 g/mol. The molecular weight excluding hydrogens is 216 g/mol. The molecule has 3 heteroatoms. The van der Waals surface area contributed by atoms with Gasteiger partial charge in [0, 0.05) is 17.1 Å². The molecule has 0 amide bonds. The Morgan fingerprint density at radius 2 is 2.06 bits per heavy atom. The minimum Gasteiger partial charge on any atom is -0.303 e. The van der Waals surface area contributed by atoms with E-state index in [1.165, 1.54) is 16.3 Å². The van der Waals surface area contributed by atoms with Crippen LogP contribution in [0.2, 0.25) is 0 Å². The molecule has 2 nitrogen and oxygen atoms in total. The molecule has 0 aromatic carbocycles. The van der Waals surface area contributed by atoms with E-state index in [-0.39, 0.29) is 5.54 Å². The van der Waals surface area contributed by atoms with Gasteiger partial charge in [-0.25, -0.2) is 4.98 Å². The number of aromatic nitrogens is 1. The van der Waals surface area contributed by atoms with Crippen molar-refractivity contribution < 1.29 is 0 Å². The molecule has 0 bridgehead atoms. The minimum absolute atomic E-state index is 0.0260. The lowest BCUT2D eigenvalue weighted by Gasteiger charge is -2.31. The summed E-state index contributed by atoms with van der Waals surface area (Å²) in [6.45, 7) is 13.3. The maximum Gasteiger partial charge on any atom is 0.112 e. The van der Waals surface area contributed by atoms with Crippen LogP contribution in [0, 0.1) is 12.8 Å². The van der Waals surface area contributed by atoms with Gasteiger partial charge >= 0.3 is 0 Å². The molecular formula is C13H24N2S. The molecule has 0 aliphatic carbocycles. The van der Waals surface area contributed by atoms with Crippen molar-refractivity contribution in [3.8, 4) is 0 Å². The number of nitrogens with zero attached hydrogens (tertiary/aromatic N) is 1. The first kappa shape index (κ1) is 13.7. The fourth-order valence-electron chi connectivity index (χ4n) is 1.77. The fourth-order valence-corrected chi connectivity index (χ4v) is 2.60. The van der Waals surface area contributed by atoms with Crippen molar-refractivity contribution in [2.24, 2.45) is 5.92 Å². The predicted octanol–water partition coefficient (Wildman–Crippen LogP) is 3.71. The molecule has 16 heavy (non-hydrogen) atoms. The van der Waals surface area contributed by atoms with Crippen molar-refractivity contribution in [1.29, 1.82) is 0 Å². The van der Waals surface area contributed by atoms with Gasteiger partial charge in [-0.05, 0) is 33.6 Å². The van der Waals surface area contributed by atoms with Crippen molar-refractivity contribution in [3.63, 3.8) is 0 Å². The molecule has 0 fully saturated rings. The van der Waals surface area contributed by atoms with Gasteiger partial charge in [0.15, 0.2) is 0 Å². The fraction of sp³-hybridized carbons (Fsp3) is 0.769. The summed E-state index contributed by atoms with van der Waals surface area (Å²) in [7, 11) is 0. The van der Waals surface area contributed by atoms with E-state index in [0.29, 0.717) is 12.0 Å². The van der Waals surface area contributed by atoms with Crippen LogP contribution in [0.1, 0.15) is 50.9 Å². The number of aryl methyl sites for hydroxylation is 1. The Morgan fingerprint density at radius 1 is 1.44 bits per heavy atom. The third-order valence-electron chi connectivity index (χ3n) is 3.24. The van der Waals surface area contributed by atoms with E-state index in [1.54, 1.807) is 11.3 Å². The molecule has 0 spiro atoms. The number of hydrogen-bond acceptors (Lipinski definition) is 3. The standard InChI is InChI=1S/C13H24N2S/c1-7-9(2)11(4)15-13(5,6)12-14-8-10(3)16-12/h8-9,11,15H,7H2,1-6H3. The summed E-state index contributed by atoms with van der Waals surface area (Å²) in [6, 6.07) is 0.518. The average molecular weight is 240 g/mol. The van der Waals surface area contributed by atoms with E-state index in [4.69, 9.17) is 0 Å². The van der Waals surface area contributed by atoms with Gasteiger partial charge in [-0.2, -0.15) is 0 Å². The molecule has 0 saturated carbocycles. The van der Waals surface area contributed by atoms with Crippen LogP contribution in [-0.2, 0) is 5.54 Å². The molecule has 1 aromatic heterocycles. The largest absolute Gasteiger partial charge is 0.303 e. The molecule has 2 unspecified atom stereocenters. The first-order valence-electron chi connectivity index (χ1n) is 6.07. The van der Waals surface area contributed by atoms with Gasteiger partial charge in [-0.1, -0.05) is 20.3 Å². The van der Waals surface area contributed by atoms with Gasteiger partial charge in [0.2, 0.25) is 0 Å². The van der Waals surface area contributed by atoms with Crippen LogP contribution in [-0.4, -0.2) is 11.0 Å². The van der Waals surface area contributed by atoms with Crippen molar-refractivity contribution in [1.82, 2.24) is 10.3 Å². The SMILES string of the molecule is CCC(C)C(C)NC(C)(C)c1ncc(C)s1. The summed E-state index contributed by atoms with van der Waals surface area (Å²) in [4.78, 5) is 5.76. The van der Waals surface area contributed by atoms with Gasteiger partial charge in [0.05, 0.1) is 5.54 Å². The Hall–Kier alpha value is -0.410. The van der Waals surface area contributed by atoms with E-state index in [0.717, 1.165) is 0 Å². The quantitative estimate of drug-likeness (QED) is 0.848. The van der Waals surface area contributed by atoms with Gasteiger partial charge in [0.25, 0.3) is 0 Å². The molecule has 0 aliphatic rings. The van der Waals surface area contributed by atoms with Gasteiger partial charge < -0.3 is 5.32 Å². The lowest BCUT2D eigenvalue weighted by molar-refractivity contribution is 0.289. The Bertz CT molecular complexity index is 330. The summed E-state index contributed by atoms with van der Waals surface area (Å²) in [6.07, 6.45) is 3.17. The average Bonchev–Trinajstić information content (AvgIpc) is 2.63. The van der Waals surface area contributed by atoms with Gasteiger partial charge in [-0.3, -0.25) is 0 Å². The molecule has 0 aliphatic heterocycles. The molecule has 0 saturated heterocycles. The van der Waals surface area contributed by atoms with Crippen LogP contribution >= 0.6 is 11.3 Å². The second kappa shape index (κ2) is 5.28. The molecule has 0 radical (unpaired) electrons. The molecule has 1 rings (SSSR count). The number of thiazole rings is 1. The second-order valence-electron chi connectivity index (χ2n) is 5.22. The van der Waals surface area contributed by atoms with Crippen molar-refractivity contribution in [2.75, 3.05) is 0 Å². The Labute approximate surface area is 103 Å². The summed E-state index contributed by atoms with van der Waals surface area (Å²) in [5, 5.41) is 4.87. The molecule has 1 aromatic rings. The molecule has 1 N–H and O–H groups in total. The lowest BCUT2D eigenvalue weighted by Crippen LogP contribution is -2.45. The predicted molar refractivity (Wildman–Crippen MR) is 71.9 cm³/mol. The second-order valence-corrected chi connectivity index (χ2v) is 6.45. The number of rotatable bonds is 5. The number of hydrogen-bond donors (Lipinski definition) is 1. The Kier molecular flexibility index (Phi) is 4.51. The van der Waals surface area contributed by atoms with E-state index >= 15 is 0 Å². The highest BCUT2D eigenvalue weighted by atomic mass is 32.1. The highest BCUT2D eigenvalue weighted by Crippen LogP contribution is 2.26. The van der Waals surface area contributed by atoms with Crippen LogP contribution in [0.25, 0.3) is 0 Å². The molecule has 1 heterocycles. The maximum atomic E-state index is 4.48. The van der Waals surface area contributed by atoms with Crippen molar-refractivity contribution >= 4 is 11.3 Å². The smallest absolute Gasteiger partial charge is 0.112 e. The van der Waals surface area contributed by atoms with Gasteiger partial charge in [0.1, 0.15) is 5.01 Å². The highest BCUT2D eigenvalue weighted by molar-refractivity contribution is 7.11. The van der Waals surface area contributed by atoms with Crippen LogP contribution < -0.4 is 5.32 Å². The summed E-state index contributed by atoms with van der Waals surface area (Å²) in [5.41, 5.74) is -0.0260. The lowest BCUT2D eigenvalue weighted by atomic mass is 9.97. The summed E-state index contributed by atoms with van der Waals surface area (Å²) in [5.74, 6) is 0.695. The van der Waals surface area contributed by atoms with E-state index in [1.807, 2.05) is 6.20 Å². The summed E-state index contributed by atoms with van der Waals surface area (Å²) >= 11 is 1.78. The zero-order chi connectivity index (χ0) is 12.3. The highest BCUT2D eigenvalue weighted by Gasteiger charge is 2.26. The third-order valence-corrected chi connectivity index (χ3v) is 4.48. The third kappa shape index (κ3) is 3.29. The van der Waals surface area contributed by atoms with Crippen LogP contribution in [0.4, 0.5) is 0 Å². The van der Waals surface area contributed by atoms with Crippen LogP contribution in [0.15, 0.2) is 6.20 Å². The molecule has 2 atom stereocenters. The minimum atomic E-state index is -0.0260. The first-order chi connectivity index (χ1) is 7.36. The van der Waals surface area contributed by atoms with Crippen molar-refractivity contribution in [2.45, 2.75) is 59.5 Å². The normalized spacial score (nSPS) is 16.1. The maximum absolute atomic E-state index is 4.48.